The van der Waals surface area contributed by atoms with Crippen LogP contribution in [-0.4, -0.2) is 0 Å². The molecule has 0 unspecified atom stereocenters. The summed E-state index contributed by atoms with van der Waals surface area (Å²) in [6.07, 6.45) is 7.46. The van der Waals surface area contributed by atoms with Crippen molar-refractivity contribution in [3.8, 4) is 17.3 Å². The fourth-order valence-corrected chi connectivity index (χ4v) is 5.52. The first-order valence-electron chi connectivity index (χ1n) is 11.4. The van der Waals surface area contributed by atoms with Crippen LogP contribution in [0.15, 0.2) is 65.2 Å². The van der Waals surface area contributed by atoms with E-state index in [-0.39, 0.29) is 0 Å². The number of nitrogens with zero attached hydrogens (tertiary/aromatic N) is 2. The van der Waals surface area contributed by atoms with Gasteiger partial charge in [-0.2, -0.15) is 5.26 Å². The Labute approximate surface area is 187 Å². The molecule has 0 spiro atoms. The normalized spacial score (nSPS) is 14.5. The minimum absolute atomic E-state index is 0.650. The Morgan fingerprint density at radius 1 is 0.938 bits per heavy atom. The topological polar surface area (TPSA) is 40.8 Å². The highest BCUT2D eigenvalue weighted by molar-refractivity contribution is 6.12. The standard InChI is InChI=1S/C29H25N2O/c1-18-7-10-24-25-15-19(17-30)8-12-26(25)32-29(24)27(18)28-23-11-9-21(20-5-3-4-6-20)16-22(23)13-14-31(28)2/h7-16,20H,3-6H2,1-2H3/q+1. The molecule has 156 valence electrons. The van der Waals surface area contributed by atoms with Crippen LogP contribution in [-0.2, 0) is 7.05 Å². The van der Waals surface area contributed by atoms with E-state index < -0.39 is 0 Å². The molecule has 0 N–H and O–H groups in total. The maximum atomic E-state index is 9.36. The van der Waals surface area contributed by atoms with Gasteiger partial charge in [-0.1, -0.05) is 37.1 Å². The first kappa shape index (κ1) is 19.1. The minimum Gasteiger partial charge on any atom is -0.455 e. The van der Waals surface area contributed by atoms with E-state index in [1.807, 2.05) is 18.2 Å². The maximum Gasteiger partial charge on any atom is 0.224 e. The first-order valence-corrected chi connectivity index (χ1v) is 11.4. The minimum atomic E-state index is 0.650. The number of hydrogen-bond acceptors (Lipinski definition) is 2. The number of pyridine rings is 1. The number of aryl methyl sites for hydroxylation is 2. The predicted molar refractivity (Wildman–Crippen MR) is 128 cm³/mol. The Kier molecular flexibility index (Phi) is 4.30. The van der Waals surface area contributed by atoms with Gasteiger partial charge in [0.2, 0.25) is 5.69 Å². The molecular weight excluding hydrogens is 392 g/mol. The van der Waals surface area contributed by atoms with E-state index in [1.54, 1.807) is 0 Å². The van der Waals surface area contributed by atoms with Gasteiger partial charge in [-0.05, 0) is 66.5 Å². The molecule has 1 saturated carbocycles. The van der Waals surface area contributed by atoms with E-state index >= 15 is 0 Å². The molecule has 3 heteroatoms. The number of fused-ring (bicyclic) bond motifs is 4. The zero-order valence-corrected chi connectivity index (χ0v) is 18.5. The molecule has 1 aliphatic carbocycles. The van der Waals surface area contributed by atoms with Gasteiger partial charge in [0.25, 0.3) is 0 Å². The quantitative estimate of drug-likeness (QED) is 0.288. The van der Waals surface area contributed by atoms with Crippen molar-refractivity contribution in [2.24, 2.45) is 7.05 Å². The molecule has 1 fully saturated rings. The third-order valence-corrected chi connectivity index (χ3v) is 7.20. The van der Waals surface area contributed by atoms with Crippen LogP contribution in [0.3, 0.4) is 0 Å². The first-order chi connectivity index (χ1) is 15.6. The molecule has 0 radical (unpaired) electrons. The third kappa shape index (κ3) is 2.83. The average molecular weight is 418 g/mol. The lowest BCUT2D eigenvalue weighted by atomic mass is 9.92. The summed E-state index contributed by atoms with van der Waals surface area (Å²) in [6, 6.07) is 21.4. The number of furan rings is 1. The van der Waals surface area contributed by atoms with Gasteiger partial charge in [0.15, 0.2) is 6.20 Å². The summed E-state index contributed by atoms with van der Waals surface area (Å²) < 4.78 is 8.61. The summed E-state index contributed by atoms with van der Waals surface area (Å²) in [4.78, 5) is 0. The van der Waals surface area contributed by atoms with Crippen LogP contribution in [0.5, 0.6) is 0 Å². The number of hydrogen-bond donors (Lipinski definition) is 0. The number of nitriles is 1. The number of rotatable bonds is 2. The van der Waals surface area contributed by atoms with Gasteiger partial charge in [0.05, 0.1) is 22.6 Å². The maximum absolute atomic E-state index is 9.36. The van der Waals surface area contributed by atoms with Gasteiger partial charge >= 0.3 is 0 Å². The Morgan fingerprint density at radius 3 is 2.56 bits per heavy atom. The summed E-state index contributed by atoms with van der Waals surface area (Å²) in [6.45, 7) is 2.15. The molecular formula is C29H25N2O+. The van der Waals surface area contributed by atoms with Gasteiger partial charge in [-0.25, -0.2) is 4.57 Å². The second kappa shape index (κ2) is 7.21. The monoisotopic (exact) mass is 417 g/mol. The Hall–Kier alpha value is -3.64. The van der Waals surface area contributed by atoms with Crippen LogP contribution in [0, 0.1) is 18.3 Å². The van der Waals surface area contributed by atoms with Gasteiger partial charge in [-0.3, -0.25) is 0 Å². The van der Waals surface area contributed by atoms with Crippen molar-refractivity contribution in [2.75, 3.05) is 0 Å². The van der Waals surface area contributed by atoms with Crippen molar-refractivity contribution in [3.63, 3.8) is 0 Å². The molecule has 2 aromatic heterocycles. The zero-order valence-electron chi connectivity index (χ0n) is 18.5. The van der Waals surface area contributed by atoms with E-state index in [1.165, 1.54) is 53.3 Å². The zero-order chi connectivity index (χ0) is 21.8. The molecule has 5 aromatic rings. The Bertz CT molecular complexity index is 1560. The Balaban J connectivity index is 1.64. The largest absolute Gasteiger partial charge is 0.455 e. The third-order valence-electron chi connectivity index (χ3n) is 7.20. The lowest BCUT2D eigenvalue weighted by molar-refractivity contribution is -0.659. The molecule has 0 saturated heterocycles. The van der Waals surface area contributed by atoms with Crippen molar-refractivity contribution in [1.29, 1.82) is 5.26 Å². The lowest BCUT2D eigenvalue weighted by Crippen LogP contribution is -2.30. The van der Waals surface area contributed by atoms with E-state index in [2.05, 4.69) is 67.2 Å². The van der Waals surface area contributed by atoms with Crippen LogP contribution >= 0.6 is 0 Å². The van der Waals surface area contributed by atoms with Crippen molar-refractivity contribution in [1.82, 2.24) is 0 Å². The molecule has 3 nitrogen and oxygen atoms in total. The second-order valence-corrected chi connectivity index (χ2v) is 9.16. The highest BCUT2D eigenvalue weighted by atomic mass is 16.3. The van der Waals surface area contributed by atoms with Crippen molar-refractivity contribution < 1.29 is 8.98 Å². The van der Waals surface area contributed by atoms with E-state index in [9.17, 15) is 5.26 Å². The van der Waals surface area contributed by atoms with Crippen molar-refractivity contribution >= 4 is 32.7 Å². The highest BCUT2D eigenvalue weighted by Gasteiger charge is 2.24. The fourth-order valence-electron chi connectivity index (χ4n) is 5.52. The van der Waals surface area contributed by atoms with Crippen LogP contribution in [0.2, 0.25) is 0 Å². The van der Waals surface area contributed by atoms with Gasteiger partial charge in [0.1, 0.15) is 18.2 Å². The van der Waals surface area contributed by atoms with Crippen LogP contribution in [0.25, 0.3) is 44.0 Å². The molecule has 32 heavy (non-hydrogen) atoms. The summed E-state index contributed by atoms with van der Waals surface area (Å²) in [5.41, 5.74) is 7.30. The summed E-state index contributed by atoms with van der Waals surface area (Å²) in [7, 11) is 2.11. The van der Waals surface area contributed by atoms with Crippen LogP contribution in [0.1, 0.15) is 48.3 Å². The fraction of sp³-hybridized carbons (Fsp3) is 0.241. The van der Waals surface area contributed by atoms with Crippen molar-refractivity contribution in [3.05, 3.63) is 77.5 Å². The van der Waals surface area contributed by atoms with E-state index in [0.29, 0.717) is 11.5 Å². The Morgan fingerprint density at radius 2 is 1.75 bits per heavy atom. The number of aromatic nitrogens is 1. The van der Waals surface area contributed by atoms with Crippen LogP contribution in [0.4, 0.5) is 0 Å². The van der Waals surface area contributed by atoms with Gasteiger partial charge < -0.3 is 4.42 Å². The van der Waals surface area contributed by atoms with Crippen LogP contribution < -0.4 is 4.57 Å². The van der Waals surface area contributed by atoms with Gasteiger partial charge in [0, 0.05) is 16.8 Å². The summed E-state index contributed by atoms with van der Waals surface area (Å²) >= 11 is 0. The predicted octanol–water partition coefficient (Wildman–Crippen LogP) is 7.07. The molecule has 2 heterocycles. The molecule has 6 rings (SSSR count). The molecule has 0 aliphatic heterocycles. The number of benzene rings is 3. The molecule has 1 aliphatic rings. The molecule has 0 bridgehead atoms. The second-order valence-electron chi connectivity index (χ2n) is 9.16. The van der Waals surface area contributed by atoms with Crippen molar-refractivity contribution in [2.45, 2.75) is 38.5 Å². The summed E-state index contributed by atoms with van der Waals surface area (Å²) in [5, 5.41) is 13.9. The lowest BCUT2D eigenvalue weighted by Gasteiger charge is -2.12. The van der Waals surface area contributed by atoms with E-state index in [0.717, 1.165) is 27.5 Å². The molecule has 0 amide bonds. The molecule has 3 aromatic carbocycles. The van der Waals surface area contributed by atoms with Gasteiger partial charge in [-0.15, -0.1) is 0 Å². The SMILES string of the molecule is Cc1ccc2c(oc3ccc(C#N)cc32)c1-c1c2ccc(C3CCCC3)cc2cc[n+]1C. The molecule has 0 atom stereocenters. The highest BCUT2D eigenvalue weighted by Crippen LogP contribution is 2.40. The average Bonchev–Trinajstić information content (AvgIpc) is 3.47. The van der Waals surface area contributed by atoms with E-state index in [4.69, 9.17) is 4.42 Å². The smallest absolute Gasteiger partial charge is 0.224 e. The summed E-state index contributed by atoms with van der Waals surface area (Å²) in [5.74, 6) is 0.701.